The Morgan fingerprint density at radius 1 is 0.174 bits per heavy atom. The molecule has 0 fully saturated rings. The van der Waals surface area contributed by atoms with E-state index in [4.69, 9.17) is 0 Å². The average molecular weight is 876 g/mol. The highest BCUT2D eigenvalue weighted by molar-refractivity contribution is 6.22. The van der Waals surface area contributed by atoms with Crippen molar-refractivity contribution in [1.29, 1.82) is 0 Å². The summed E-state index contributed by atoms with van der Waals surface area (Å²) in [6, 6.07) is 100. The minimum absolute atomic E-state index is 1.09. The molecule has 0 aliphatic carbocycles. The fraction of sp³-hybridized carbons (Fsp3) is 0. The Hall–Kier alpha value is -9.04. The Kier molecular flexibility index (Phi) is 9.91. The molecular weight excluding hydrogens is 831 g/mol. The molecule has 0 bridgehead atoms. The summed E-state index contributed by atoms with van der Waals surface area (Å²) in [5.41, 5.74) is 15.4. The zero-order valence-electron chi connectivity index (χ0n) is 37.9. The van der Waals surface area contributed by atoms with E-state index in [-0.39, 0.29) is 0 Å². The highest BCUT2D eigenvalue weighted by Crippen LogP contribution is 2.46. The van der Waals surface area contributed by atoms with Crippen molar-refractivity contribution < 1.29 is 0 Å². The smallest absolute Gasteiger partial charge is 0.0468 e. The number of benzene rings is 13. The lowest BCUT2D eigenvalue weighted by atomic mass is 9.84. The van der Waals surface area contributed by atoms with Crippen LogP contribution in [0.3, 0.4) is 0 Å². The molecule has 0 saturated heterocycles. The Morgan fingerprint density at radius 3 is 1.20 bits per heavy atom. The van der Waals surface area contributed by atoms with Gasteiger partial charge in [-0.25, -0.2) is 0 Å². The first-order chi connectivity index (χ1) is 34.2. The third kappa shape index (κ3) is 7.29. The molecule has 0 aliphatic heterocycles. The third-order valence-electron chi connectivity index (χ3n) is 14.0. The van der Waals surface area contributed by atoms with Crippen LogP contribution in [0.1, 0.15) is 0 Å². The van der Waals surface area contributed by atoms with Gasteiger partial charge in [-0.05, 0) is 164 Å². The largest absolute Gasteiger partial charge is 0.310 e. The molecule has 1 heteroatoms. The van der Waals surface area contributed by atoms with E-state index in [1.54, 1.807) is 0 Å². The van der Waals surface area contributed by atoms with Crippen LogP contribution in [0, 0.1) is 0 Å². The Morgan fingerprint density at radius 2 is 0.551 bits per heavy atom. The maximum absolute atomic E-state index is 2.41. The first-order valence-corrected chi connectivity index (χ1v) is 23.8. The molecular formula is C68H45N. The van der Waals surface area contributed by atoms with Crippen molar-refractivity contribution in [2.45, 2.75) is 0 Å². The van der Waals surface area contributed by atoms with E-state index in [1.807, 2.05) is 0 Å². The van der Waals surface area contributed by atoms with Gasteiger partial charge in [-0.3, -0.25) is 0 Å². The molecule has 0 amide bonds. The molecule has 0 aromatic heterocycles. The van der Waals surface area contributed by atoms with Crippen molar-refractivity contribution in [3.63, 3.8) is 0 Å². The zero-order valence-corrected chi connectivity index (χ0v) is 37.9. The molecule has 69 heavy (non-hydrogen) atoms. The number of rotatable bonds is 8. The highest BCUT2D eigenvalue weighted by atomic mass is 15.1. The Balaban J connectivity index is 0.918. The van der Waals surface area contributed by atoms with Gasteiger partial charge in [0, 0.05) is 17.1 Å². The van der Waals surface area contributed by atoms with E-state index >= 15 is 0 Å². The van der Waals surface area contributed by atoms with Crippen molar-refractivity contribution in [1.82, 2.24) is 0 Å². The normalized spacial score (nSPS) is 11.5. The van der Waals surface area contributed by atoms with Gasteiger partial charge in [0.25, 0.3) is 0 Å². The van der Waals surface area contributed by atoms with Gasteiger partial charge in [0.05, 0.1) is 0 Å². The summed E-state index contributed by atoms with van der Waals surface area (Å²) < 4.78 is 0. The van der Waals surface area contributed by atoms with E-state index in [1.165, 1.54) is 109 Å². The number of nitrogens with zero attached hydrogens (tertiary/aromatic N) is 1. The molecule has 13 aromatic carbocycles. The van der Waals surface area contributed by atoms with Gasteiger partial charge in [0.1, 0.15) is 0 Å². The van der Waals surface area contributed by atoms with Gasteiger partial charge in [0.2, 0.25) is 0 Å². The molecule has 13 rings (SSSR count). The summed E-state index contributed by atoms with van der Waals surface area (Å²) in [7, 11) is 0. The van der Waals surface area contributed by atoms with Crippen LogP contribution in [0.4, 0.5) is 17.1 Å². The van der Waals surface area contributed by atoms with Gasteiger partial charge >= 0.3 is 0 Å². The van der Waals surface area contributed by atoms with Crippen LogP contribution in [-0.4, -0.2) is 0 Å². The molecule has 0 unspecified atom stereocenters. The number of fused-ring (bicyclic) bond motifs is 7. The van der Waals surface area contributed by atoms with E-state index < -0.39 is 0 Å². The first-order valence-electron chi connectivity index (χ1n) is 23.8. The van der Waals surface area contributed by atoms with Crippen molar-refractivity contribution in [3.05, 3.63) is 273 Å². The van der Waals surface area contributed by atoms with Gasteiger partial charge in [0.15, 0.2) is 0 Å². The lowest BCUT2D eigenvalue weighted by Crippen LogP contribution is -2.09. The third-order valence-corrected chi connectivity index (χ3v) is 14.0. The molecule has 0 atom stereocenters. The number of anilines is 3. The summed E-state index contributed by atoms with van der Waals surface area (Å²) in [6.07, 6.45) is 0. The fourth-order valence-electron chi connectivity index (χ4n) is 10.6. The fourth-order valence-corrected chi connectivity index (χ4v) is 10.6. The first kappa shape index (κ1) is 40.3. The predicted molar refractivity (Wildman–Crippen MR) is 296 cm³/mol. The van der Waals surface area contributed by atoms with Gasteiger partial charge < -0.3 is 4.90 Å². The molecule has 322 valence electrons. The molecule has 0 radical (unpaired) electrons. The monoisotopic (exact) mass is 875 g/mol. The molecule has 0 saturated carbocycles. The van der Waals surface area contributed by atoms with Crippen LogP contribution < -0.4 is 4.90 Å². The topological polar surface area (TPSA) is 3.24 Å². The lowest BCUT2D eigenvalue weighted by molar-refractivity contribution is 1.29. The molecule has 0 heterocycles. The van der Waals surface area contributed by atoms with Crippen molar-refractivity contribution in [3.8, 4) is 55.6 Å². The molecule has 0 aliphatic rings. The van der Waals surface area contributed by atoms with Crippen molar-refractivity contribution in [2.75, 3.05) is 4.90 Å². The van der Waals surface area contributed by atoms with Crippen LogP contribution in [0.2, 0.25) is 0 Å². The van der Waals surface area contributed by atoms with E-state index in [9.17, 15) is 0 Å². The van der Waals surface area contributed by atoms with Crippen LogP contribution in [0.5, 0.6) is 0 Å². The zero-order chi connectivity index (χ0) is 45.7. The van der Waals surface area contributed by atoms with E-state index in [0.717, 1.165) is 17.1 Å². The molecule has 0 spiro atoms. The second kappa shape index (κ2) is 17.0. The summed E-state index contributed by atoms with van der Waals surface area (Å²) >= 11 is 0. The molecule has 13 aromatic rings. The predicted octanol–water partition coefficient (Wildman–Crippen LogP) is 19.3. The quantitative estimate of drug-likeness (QED) is 0.138. The van der Waals surface area contributed by atoms with Crippen molar-refractivity contribution in [2.24, 2.45) is 0 Å². The maximum atomic E-state index is 2.41. The minimum Gasteiger partial charge on any atom is -0.310 e. The Labute approximate surface area is 402 Å². The van der Waals surface area contributed by atoms with Crippen LogP contribution in [-0.2, 0) is 0 Å². The van der Waals surface area contributed by atoms with Gasteiger partial charge in [-0.2, -0.15) is 0 Å². The van der Waals surface area contributed by atoms with Crippen LogP contribution in [0.15, 0.2) is 273 Å². The lowest BCUT2D eigenvalue weighted by Gasteiger charge is -2.26. The second-order valence-corrected chi connectivity index (χ2v) is 18.1. The second-order valence-electron chi connectivity index (χ2n) is 18.1. The number of hydrogen-bond donors (Lipinski definition) is 0. The Bertz CT molecular complexity index is 4030. The molecule has 1 nitrogen and oxygen atoms in total. The SMILES string of the molecule is c1ccc(-c2ccc3cc(N(c4ccc(-c5ccc6c(ccc7ccccc76)c5)cc4)c4ccc(-c5ccc6c(c5)c(-c5ccccc5)c(-c5ccccc5)c5ccccc56)cc4)ccc3c2)cc1. The number of hydrogen-bond acceptors (Lipinski definition) is 1. The van der Waals surface area contributed by atoms with Crippen LogP contribution >= 0.6 is 0 Å². The van der Waals surface area contributed by atoms with E-state index in [2.05, 4.69) is 278 Å². The van der Waals surface area contributed by atoms with Gasteiger partial charge in [-0.1, -0.05) is 218 Å². The minimum atomic E-state index is 1.09. The highest BCUT2D eigenvalue weighted by Gasteiger charge is 2.19. The summed E-state index contributed by atoms with van der Waals surface area (Å²) in [5, 5.41) is 12.5. The van der Waals surface area contributed by atoms with Gasteiger partial charge in [-0.15, -0.1) is 0 Å². The average Bonchev–Trinajstić information content (AvgIpc) is 3.43. The van der Waals surface area contributed by atoms with Crippen molar-refractivity contribution >= 4 is 70.9 Å². The maximum Gasteiger partial charge on any atom is 0.0468 e. The summed E-state index contributed by atoms with van der Waals surface area (Å²) in [5.74, 6) is 0. The standard InChI is InChI=1S/C68H45N/c1-4-14-46(15-5-1)52-25-26-55-44-60(39-32-54(55)42-52)69(58-35-28-47(29-36-58)53-33-40-62-57(43-53)27-24-49-16-10-11-21-61(49)62)59-37-30-48(31-38-59)56-34-41-64-63-22-12-13-23-65(63)67(50-17-6-2-7-18-50)68(66(64)45-56)51-19-8-3-9-20-51/h1-45H. The van der Waals surface area contributed by atoms with E-state index in [0.29, 0.717) is 0 Å². The summed E-state index contributed by atoms with van der Waals surface area (Å²) in [4.78, 5) is 2.39. The molecule has 0 N–H and O–H groups in total. The summed E-state index contributed by atoms with van der Waals surface area (Å²) in [6.45, 7) is 0. The van der Waals surface area contributed by atoms with Crippen LogP contribution in [0.25, 0.3) is 109 Å².